The Hall–Kier alpha value is -1.59. The first kappa shape index (κ1) is 17.8. The first-order valence-corrected chi connectivity index (χ1v) is 8.20. The van der Waals surface area contributed by atoms with Gasteiger partial charge in [0.1, 0.15) is 0 Å². The molecule has 0 aliphatic carbocycles. The Morgan fingerprint density at radius 1 is 1.35 bits per heavy atom. The Morgan fingerprint density at radius 3 is 2.48 bits per heavy atom. The molecule has 128 valence electrons. The third-order valence-electron chi connectivity index (χ3n) is 4.62. The smallest absolute Gasteiger partial charge is 0.317 e. The second-order valence-electron chi connectivity index (χ2n) is 6.67. The number of hydrogen-bond donors (Lipinski definition) is 2. The van der Waals surface area contributed by atoms with E-state index >= 15 is 0 Å². The zero-order chi connectivity index (χ0) is 17.0. The van der Waals surface area contributed by atoms with Crippen molar-refractivity contribution in [2.45, 2.75) is 45.3 Å². The summed E-state index contributed by atoms with van der Waals surface area (Å²) >= 11 is 0. The van der Waals surface area contributed by atoms with Crippen molar-refractivity contribution in [3.05, 3.63) is 34.9 Å². The van der Waals surface area contributed by atoms with E-state index in [1.807, 2.05) is 13.0 Å². The number of benzene rings is 1. The van der Waals surface area contributed by atoms with E-state index in [1.54, 1.807) is 11.9 Å². The van der Waals surface area contributed by atoms with E-state index in [9.17, 15) is 9.90 Å². The van der Waals surface area contributed by atoms with Crippen LogP contribution in [0.5, 0.6) is 0 Å². The summed E-state index contributed by atoms with van der Waals surface area (Å²) in [6.45, 7) is 7.51. The van der Waals surface area contributed by atoms with E-state index in [1.165, 1.54) is 11.1 Å². The van der Waals surface area contributed by atoms with Gasteiger partial charge in [0.25, 0.3) is 0 Å². The molecule has 1 aromatic carbocycles. The Balaban J connectivity index is 1.97. The van der Waals surface area contributed by atoms with Gasteiger partial charge < -0.3 is 20.1 Å². The van der Waals surface area contributed by atoms with Gasteiger partial charge in [-0.15, -0.1) is 0 Å². The van der Waals surface area contributed by atoms with E-state index in [0.717, 1.165) is 5.56 Å². The minimum absolute atomic E-state index is 0.0736. The van der Waals surface area contributed by atoms with Crippen LogP contribution in [0, 0.1) is 13.8 Å². The lowest BCUT2D eigenvalue weighted by Gasteiger charge is -2.35. The van der Waals surface area contributed by atoms with Crippen LogP contribution < -0.4 is 5.32 Å². The number of likely N-dealkylation sites (N-methyl/N-ethyl adjacent to an activating group) is 1. The van der Waals surface area contributed by atoms with Crippen LogP contribution in [0.3, 0.4) is 0 Å². The molecule has 2 amide bonds. The van der Waals surface area contributed by atoms with Gasteiger partial charge in [0.15, 0.2) is 0 Å². The molecule has 2 rings (SSSR count). The summed E-state index contributed by atoms with van der Waals surface area (Å²) in [5.74, 6) is 0. The molecular weight excluding hydrogens is 292 g/mol. The van der Waals surface area contributed by atoms with Crippen molar-refractivity contribution in [1.29, 1.82) is 0 Å². The Labute approximate surface area is 138 Å². The molecule has 1 aliphatic rings. The predicted molar refractivity (Wildman–Crippen MR) is 90.5 cm³/mol. The van der Waals surface area contributed by atoms with E-state index < -0.39 is 5.60 Å². The van der Waals surface area contributed by atoms with Gasteiger partial charge in [-0.2, -0.15) is 0 Å². The number of hydrogen-bond acceptors (Lipinski definition) is 3. The number of ether oxygens (including phenoxy) is 1. The monoisotopic (exact) mass is 320 g/mol. The molecule has 0 saturated carbocycles. The molecule has 1 aliphatic heterocycles. The molecule has 0 radical (unpaired) electrons. The van der Waals surface area contributed by atoms with Gasteiger partial charge in [0.05, 0.1) is 18.2 Å². The predicted octanol–water partition coefficient (Wildman–Crippen LogP) is 2.55. The van der Waals surface area contributed by atoms with Gasteiger partial charge in [0.2, 0.25) is 0 Å². The third kappa shape index (κ3) is 4.45. The average Bonchev–Trinajstić information content (AvgIpc) is 2.47. The third-order valence-corrected chi connectivity index (χ3v) is 4.62. The molecule has 0 spiro atoms. The first-order chi connectivity index (χ1) is 10.8. The molecule has 1 saturated heterocycles. The molecule has 1 atom stereocenters. The second kappa shape index (κ2) is 7.32. The molecule has 5 nitrogen and oxygen atoms in total. The van der Waals surface area contributed by atoms with Crippen molar-refractivity contribution < 1.29 is 14.6 Å². The number of carbonyl (C=O) groups excluding carboxylic acids is 1. The Morgan fingerprint density at radius 2 is 1.91 bits per heavy atom. The Kier molecular flexibility index (Phi) is 5.65. The highest BCUT2D eigenvalue weighted by Gasteiger charge is 2.32. The van der Waals surface area contributed by atoms with Gasteiger partial charge in [-0.1, -0.05) is 18.2 Å². The summed E-state index contributed by atoms with van der Waals surface area (Å²) in [6.07, 6.45) is 1.13. The van der Waals surface area contributed by atoms with Crippen molar-refractivity contribution in [2.24, 2.45) is 0 Å². The summed E-state index contributed by atoms with van der Waals surface area (Å²) in [4.78, 5) is 14.0. The highest BCUT2D eigenvalue weighted by molar-refractivity contribution is 5.74. The summed E-state index contributed by atoms with van der Waals surface area (Å²) in [5.41, 5.74) is 2.65. The van der Waals surface area contributed by atoms with Crippen LogP contribution in [0.25, 0.3) is 0 Å². The molecule has 0 unspecified atom stereocenters. The summed E-state index contributed by atoms with van der Waals surface area (Å²) < 4.78 is 5.28. The van der Waals surface area contributed by atoms with E-state index in [0.29, 0.717) is 32.6 Å². The van der Waals surface area contributed by atoms with Crippen LogP contribution in [0.1, 0.15) is 42.5 Å². The Bertz CT molecular complexity index is 533. The van der Waals surface area contributed by atoms with Gasteiger partial charge in [0, 0.05) is 33.1 Å². The highest BCUT2D eigenvalue weighted by Crippen LogP contribution is 2.23. The first-order valence-electron chi connectivity index (χ1n) is 8.20. The molecular formula is C18H28N2O3. The molecule has 0 bridgehead atoms. The maximum absolute atomic E-state index is 12.4. The normalized spacial score (nSPS) is 18.3. The van der Waals surface area contributed by atoms with Crippen LogP contribution in [0.4, 0.5) is 4.79 Å². The zero-order valence-electron chi connectivity index (χ0n) is 14.6. The van der Waals surface area contributed by atoms with Crippen LogP contribution in [0.15, 0.2) is 18.2 Å². The maximum atomic E-state index is 12.4. The maximum Gasteiger partial charge on any atom is 0.317 e. The fraction of sp³-hybridized carbons (Fsp3) is 0.611. The van der Waals surface area contributed by atoms with Crippen LogP contribution >= 0.6 is 0 Å². The molecule has 5 heteroatoms. The lowest BCUT2D eigenvalue weighted by atomic mass is 9.94. The van der Waals surface area contributed by atoms with Crippen molar-refractivity contribution in [1.82, 2.24) is 10.2 Å². The standard InChI is InChI=1S/C18H28N2O3/c1-13-6-5-7-14(2)16(13)15(3)19-17(21)20(4)12-18(22)8-10-23-11-9-18/h5-7,15,22H,8-12H2,1-4H3,(H,19,21)/t15-/m1/s1. The summed E-state index contributed by atoms with van der Waals surface area (Å²) in [7, 11) is 1.72. The molecule has 23 heavy (non-hydrogen) atoms. The number of aryl methyl sites for hydroxylation is 2. The molecule has 1 heterocycles. The quantitative estimate of drug-likeness (QED) is 0.896. The molecule has 1 fully saturated rings. The largest absolute Gasteiger partial charge is 0.388 e. The summed E-state index contributed by atoms with van der Waals surface area (Å²) in [5, 5.41) is 13.6. The fourth-order valence-electron chi connectivity index (χ4n) is 3.30. The number of rotatable bonds is 4. The van der Waals surface area contributed by atoms with Crippen molar-refractivity contribution in [3.8, 4) is 0 Å². The van der Waals surface area contributed by atoms with Crippen LogP contribution in [-0.4, -0.2) is 48.4 Å². The summed E-state index contributed by atoms with van der Waals surface area (Å²) in [6, 6.07) is 5.89. The van der Waals surface area contributed by atoms with Crippen LogP contribution in [-0.2, 0) is 4.74 Å². The molecule has 2 N–H and O–H groups in total. The minimum atomic E-state index is -0.841. The topological polar surface area (TPSA) is 61.8 Å². The lowest BCUT2D eigenvalue weighted by Crippen LogP contribution is -2.50. The van der Waals surface area contributed by atoms with E-state index in [-0.39, 0.29) is 12.1 Å². The molecule has 1 aromatic rings. The fourth-order valence-corrected chi connectivity index (χ4v) is 3.30. The average molecular weight is 320 g/mol. The molecule has 0 aromatic heterocycles. The van der Waals surface area contributed by atoms with Crippen molar-refractivity contribution in [2.75, 3.05) is 26.8 Å². The van der Waals surface area contributed by atoms with E-state index in [4.69, 9.17) is 4.74 Å². The van der Waals surface area contributed by atoms with Gasteiger partial charge in [-0.05, 0) is 37.5 Å². The minimum Gasteiger partial charge on any atom is -0.388 e. The zero-order valence-corrected chi connectivity index (χ0v) is 14.6. The van der Waals surface area contributed by atoms with Crippen molar-refractivity contribution in [3.63, 3.8) is 0 Å². The van der Waals surface area contributed by atoms with E-state index in [2.05, 4.69) is 31.3 Å². The number of amides is 2. The number of nitrogens with zero attached hydrogens (tertiary/aromatic N) is 1. The number of carbonyl (C=O) groups is 1. The van der Waals surface area contributed by atoms with Crippen molar-refractivity contribution >= 4 is 6.03 Å². The van der Waals surface area contributed by atoms with Crippen LogP contribution in [0.2, 0.25) is 0 Å². The van der Waals surface area contributed by atoms with Gasteiger partial charge in [-0.25, -0.2) is 4.79 Å². The lowest BCUT2D eigenvalue weighted by molar-refractivity contribution is -0.0723. The number of urea groups is 1. The second-order valence-corrected chi connectivity index (χ2v) is 6.67. The number of nitrogens with one attached hydrogen (secondary N) is 1. The number of aliphatic hydroxyl groups is 1. The van der Waals surface area contributed by atoms with Gasteiger partial charge >= 0.3 is 6.03 Å². The highest BCUT2D eigenvalue weighted by atomic mass is 16.5. The van der Waals surface area contributed by atoms with Gasteiger partial charge in [-0.3, -0.25) is 0 Å². The SMILES string of the molecule is Cc1cccc(C)c1[C@@H](C)NC(=O)N(C)CC1(O)CCOCC1.